The van der Waals surface area contributed by atoms with Crippen molar-refractivity contribution in [3.05, 3.63) is 59.2 Å². The fourth-order valence-electron chi connectivity index (χ4n) is 3.45. The van der Waals surface area contributed by atoms with Gasteiger partial charge in [0, 0.05) is 35.9 Å². The number of ether oxygens (including phenoxy) is 1. The zero-order valence-corrected chi connectivity index (χ0v) is 17.6. The molecule has 1 aliphatic heterocycles. The number of nitrogens with zero attached hydrogens (tertiary/aromatic N) is 1. The van der Waals surface area contributed by atoms with Crippen LogP contribution in [0.15, 0.2) is 42.5 Å². The van der Waals surface area contributed by atoms with Gasteiger partial charge in [-0.1, -0.05) is 24.3 Å². The molecule has 3 N–H and O–H groups in total. The molecule has 0 aliphatic carbocycles. The maximum absolute atomic E-state index is 12.6. The maximum Gasteiger partial charge on any atom is 0.251 e. The van der Waals surface area contributed by atoms with Crippen molar-refractivity contribution in [3.63, 3.8) is 0 Å². The Bertz CT molecular complexity index is 864. The number of benzene rings is 2. The van der Waals surface area contributed by atoms with Gasteiger partial charge in [0.1, 0.15) is 5.75 Å². The van der Waals surface area contributed by atoms with Crippen LogP contribution in [0.2, 0.25) is 0 Å². The van der Waals surface area contributed by atoms with Crippen molar-refractivity contribution in [2.75, 3.05) is 25.9 Å². The number of carbonyl (C=O) groups is 2. The van der Waals surface area contributed by atoms with Gasteiger partial charge in [-0.05, 0) is 43.5 Å². The number of nitrogens with two attached hydrogens (primary N) is 1. The molecule has 2 aromatic carbocycles. The highest BCUT2D eigenvalue weighted by Crippen LogP contribution is 2.20. The lowest BCUT2D eigenvalue weighted by Crippen LogP contribution is -2.47. The van der Waals surface area contributed by atoms with Crippen LogP contribution in [0.25, 0.3) is 0 Å². The van der Waals surface area contributed by atoms with Gasteiger partial charge < -0.3 is 20.7 Å². The third-order valence-corrected chi connectivity index (χ3v) is 5.26. The van der Waals surface area contributed by atoms with Gasteiger partial charge in [-0.25, -0.2) is 0 Å². The Balaban J connectivity index is 0.00000300. The molecular formula is C22H28ClN3O3. The molecule has 0 atom stereocenters. The van der Waals surface area contributed by atoms with Crippen LogP contribution in [-0.4, -0.2) is 43.0 Å². The zero-order valence-electron chi connectivity index (χ0n) is 16.8. The number of rotatable bonds is 5. The molecule has 3 rings (SSSR count). The number of methoxy groups -OCH3 is 1. The monoisotopic (exact) mass is 417 g/mol. The summed E-state index contributed by atoms with van der Waals surface area (Å²) in [5, 5.41) is 3.06. The Hall–Kier alpha value is -2.73. The molecule has 0 aromatic heterocycles. The number of hydrogen-bond donors (Lipinski definition) is 2. The van der Waals surface area contributed by atoms with Crippen molar-refractivity contribution in [3.8, 4) is 5.75 Å². The zero-order chi connectivity index (χ0) is 20.1. The fraction of sp³-hybridized carbons (Fsp3) is 0.364. The number of nitrogens with one attached hydrogen (secondary N) is 1. The number of carbonyl (C=O) groups excluding carboxylic acids is 2. The van der Waals surface area contributed by atoms with Crippen LogP contribution in [-0.2, 0) is 11.2 Å². The summed E-state index contributed by atoms with van der Waals surface area (Å²) in [6.07, 6.45) is 1.80. The Morgan fingerprint density at radius 2 is 1.86 bits per heavy atom. The number of nitrogen functional groups attached to an aromatic ring is 1. The molecule has 2 amide bonds. The average molecular weight is 418 g/mol. The summed E-state index contributed by atoms with van der Waals surface area (Å²) in [7, 11) is 1.61. The van der Waals surface area contributed by atoms with Crippen LogP contribution < -0.4 is 15.8 Å². The first-order valence-corrected chi connectivity index (χ1v) is 9.54. The minimum atomic E-state index is -0.120. The molecule has 0 radical (unpaired) electrons. The van der Waals surface area contributed by atoms with Gasteiger partial charge in [-0.2, -0.15) is 0 Å². The molecule has 1 saturated heterocycles. The van der Waals surface area contributed by atoms with Gasteiger partial charge in [0.2, 0.25) is 5.91 Å². The van der Waals surface area contributed by atoms with Crippen molar-refractivity contribution in [2.24, 2.45) is 0 Å². The van der Waals surface area contributed by atoms with Crippen LogP contribution >= 0.6 is 12.4 Å². The molecule has 0 bridgehead atoms. The van der Waals surface area contributed by atoms with E-state index in [2.05, 4.69) is 5.32 Å². The Morgan fingerprint density at radius 3 is 2.52 bits per heavy atom. The molecule has 0 unspecified atom stereocenters. The SMILES string of the molecule is COc1ccccc1CC(=O)N1CCC(NC(=O)c2ccc(C)c(N)c2)CC1.Cl. The second-order valence-electron chi connectivity index (χ2n) is 7.19. The van der Waals surface area contributed by atoms with Crippen molar-refractivity contribution < 1.29 is 14.3 Å². The summed E-state index contributed by atoms with van der Waals surface area (Å²) < 4.78 is 5.32. The number of para-hydroxylation sites is 1. The first kappa shape index (κ1) is 22.6. The van der Waals surface area contributed by atoms with Crippen molar-refractivity contribution in [1.82, 2.24) is 10.2 Å². The number of aryl methyl sites for hydroxylation is 1. The van der Waals surface area contributed by atoms with Crippen molar-refractivity contribution in [1.29, 1.82) is 0 Å². The molecule has 156 valence electrons. The fourth-order valence-corrected chi connectivity index (χ4v) is 3.45. The smallest absolute Gasteiger partial charge is 0.251 e. The number of piperidine rings is 1. The molecule has 2 aromatic rings. The topological polar surface area (TPSA) is 84.7 Å². The highest BCUT2D eigenvalue weighted by atomic mass is 35.5. The molecular weight excluding hydrogens is 390 g/mol. The number of hydrogen-bond acceptors (Lipinski definition) is 4. The van der Waals surface area contributed by atoms with Crippen molar-refractivity contribution >= 4 is 29.9 Å². The normalized spacial score (nSPS) is 14.1. The van der Waals surface area contributed by atoms with E-state index >= 15 is 0 Å². The van der Waals surface area contributed by atoms with Gasteiger partial charge in [0.25, 0.3) is 5.91 Å². The maximum atomic E-state index is 12.6. The Morgan fingerprint density at radius 1 is 1.17 bits per heavy atom. The summed E-state index contributed by atoms with van der Waals surface area (Å²) >= 11 is 0. The second-order valence-corrected chi connectivity index (χ2v) is 7.19. The van der Waals surface area contributed by atoms with E-state index in [4.69, 9.17) is 10.5 Å². The summed E-state index contributed by atoms with van der Waals surface area (Å²) in [6.45, 7) is 3.18. The molecule has 1 fully saturated rings. The van der Waals surface area contributed by atoms with Crippen LogP contribution in [0, 0.1) is 6.92 Å². The van der Waals surface area contributed by atoms with E-state index < -0.39 is 0 Å². The number of halogens is 1. The highest BCUT2D eigenvalue weighted by molar-refractivity contribution is 5.95. The average Bonchev–Trinajstić information content (AvgIpc) is 2.71. The highest BCUT2D eigenvalue weighted by Gasteiger charge is 2.24. The molecule has 29 heavy (non-hydrogen) atoms. The van der Waals surface area contributed by atoms with Gasteiger partial charge in [0.15, 0.2) is 0 Å². The molecule has 0 spiro atoms. The van der Waals surface area contributed by atoms with Gasteiger partial charge in [-0.15, -0.1) is 12.4 Å². The molecule has 1 heterocycles. The third kappa shape index (κ3) is 5.64. The van der Waals surface area contributed by atoms with Gasteiger partial charge >= 0.3 is 0 Å². The number of amides is 2. The molecule has 1 aliphatic rings. The van der Waals surface area contributed by atoms with E-state index in [1.807, 2.05) is 42.2 Å². The first-order chi connectivity index (χ1) is 13.5. The molecule has 7 heteroatoms. The van der Waals surface area contributed by atoms with E-state index in [1.54, 1.807) is 19.2 Å². The lowest BCUT2D eigenvalue weighted by atomic mass is 10.0. The van der Waals surface area contributed by atoms with Crippen LogP contribution in [0.3, 0.4) is 0 Å². The van der Waals surface area contributed by atoms with Crippen LogP contribution in [0.1, 0.15) is 34.3 Å². The van der Waals surface area contributed by atoms with Gasteiger partial charge in [-0.3, -0.25) is 9.59 Å². The Kier molecular flexibility index (Phi) is 7.91. The quantitative estimate of drug-likeness (QED) is 0.732. The Labute approximate surface area is 177 Å². The van der Waals surface area contributed by atoms with E-state index in [-0.39, 0.29) is 30.3 Å². The van der Waals surface area contributed by atoms with Gasteiger partial charge in [0.05, 0.1) is 13.5 Å². The number of likely N-dealkylation sites (tertiary alicyclic amines) is 1. The number of anilines is 1. The second kappa shape index (κ2) is 10.2. The van der Waals surface area contributed by atoms with Crippen molar-refractivity contribution in [2.45, 2.75) is 32.2 Å². The minimum absolute atomic E-state index is 0. The summed E-state index contributed by atoms with van der Waals surface area (Å²) in [5.41, 5.74) is 8.92. The standard InChI is InChI=1S/C22H27N3O3.ClH/c1-15-7-8-17(13-19(15)23)22(27)24-18-9-11-25(12-10-18)21(26)14-16-5-3-4-6-20(16)28-2;/h3-8,13,18H,9-12,14,23H2,1-2H3,(H,24,27);1H. The largest absolute Gasteiger partial charge is 0.496 e. The summed E-state index contributed by atoms with van der Waals surface area (Å²) in [4.78, 5) is 26.9. The van der Waals surface area contributed by atoms with E-state index in [0.29, 0.717) is 30.8 Å². The summed E-state index contributed by atoms with van der Waals surface area (Å²) in [6, 6.07) is 13.0. The lowest BCUT2D eigenvalue weighted by molar-refractivity contribution is -0.131. The predicted molar refractivity (Wildman–Crippen MR) is 117 cm³/mol. The lowest BCUT2D eigenvalue weighted by Gasteiger charge is -2.32. The third-order valence-electron chi connectivity index (χ3n) is 5.26. The van der Waals surface area contributed by atoms with Crippen LogP contribution in [0.4, 0.5) is 5.69 Å². The van der Waals surface area contributed by atoms with E-state index in [9.17, 15) is 9.59 Å². The predicted octanol–water partition coefficient (Wildman–Crippen LogP) is 2.97. The molecule has 6 nitrogen and oxygen atoms in total. The first-order valence-electron chi connectivity index (χ1n) is 9.54. The minimum Gasteiger partial charge on any atom is -0.496 e. The molecule has 0 saturated carbocycles. The van der Waals surface area contributed by atoms with E-state index in [0.717, 1.165) is 29.7 Å². The van der Waals surface area contributed by atoms with Crippen LogP contribution in [0.5, 0.6) is 5.75 Å². The summed E-state index contributed by atoms with van der Waals surface area (Å²) in [5.74, 6) is 0.696. The van der Waals surface area contributed by atoms with E-state index in [1.165, 1.54) is 0 Å².